The van der Waals surface area contributed by atoms with E-state index < -0.39 is 0 Å². The van der Waals surface area contributed by atoms with Crippen molar-refractivity contribution in [2.24, 2.45) is 5.41 Å². The Hall–Kier alpha value is -1.02. The molecule has 3 heteroatoms. The van der Waals surface area contributed by atoms with Crippen LogP contribution in [0.25, 0.3) is 0 Å². The fraction of sp³-hybridized carbons (Fsp3) is 0.562. The Bertz CT molecular complexity index is 464. The normalized spacial score (nSPS) is 17.4. The van der Waals surface area contributed by atoms with E-state index in [1.165, 1.54) is 12.8 Å². The van der Waals surface area contributed by atoms with Gasteiger partial charge in [-0.05, 0) is 43.9 Å². The van der Waals surface area contributed by atoms with Crippen LogP contribution in [-0.2, 0) is 0 Å². The van der Waals surface area contributed by atoms with Crippen LogP contribution in [0, 0.1) is 19.3 Å². The SMILES string of the molecule is Cc1cccc(C(=O)NCC2(CCl)CCCC2)c1C. The third-order valence-electron chi connectivity index (χ3n) is 4.42. The highest BCUT2D eigenvalue weighted by molar-refractivity contribution is 6.18. The predicted molar refractivity (Wildman–Crippen MR) is 79.9 cm³/mol. The third kappa shape index (κ3) is 3.11. The minimum atomic E-state index is 0.0255. The summed E-state index contributed by atoms with van der Waals surface area (Å²) in [7, 11) is 0. The summed E-state index contributed by atoms with van der Waals surface area (Å²) in [4.78, 5) is 12.3. The molecule has 104 valence electrons. The summed E-state index contributed by atoms with van der Waals surface area (Å²) >= 11 is 6.10. The Balaban J connectivity index is 2.03. The monoisotopic (exact) mass is 279 g/mol. The maximum atomic E-state index is 12.3. The van der Waals surface area contributed by atoms with E-state index in [1.54, 1.807) is 0 Å². The van der Waals surface area contributed by atoms with Gasteiger partial charge in [-0.1, -0.05) is 25.0 Å². The zero-order chi connectivity index (χ0) is 13.9. The first-order chi connectivity index (χ1) is 9.08. The number of hydrogen-bond acceptors (Lipinski definition) is 1. The van der Waals surface area contributed by atoms with Crippen LogP contribution >= 0.6 is 11.6 Å². The minimum absolute atomic E-state index is 0.0255. The van der Waals surface area contributed by atoms with Gasteiger partial charge in [0.25, 0.3) is 5.91 Å². The zero-order valence-electron chi connectivity index (χ0n) is 11.8. The fourth-order valence-corrected chi connectivity index (χ4v) is 3.20. The van der Waals surface area contributed by atoms with Gasteiger partial charge >= 0.3 is 0 Å². The summed E-state index contributed by atoms with van der Waals surface area (Å²) in [5, 5.41) is 3.08. The number of rotatable bonds is 4. The lowest BCUT2D eigenvalue weighted by Crippen LogP contribution is -2.37. The quantitative estimate of drug-likeness (QED) is 0.834. The second-order valence-corrected chi connectivity index (χ2v) is 6.04. The second kappa shape index (κ2) is 5.96. The topological polar surface area (TPSA) is 29.1 Å². The average Bonchev–Trinajstić information content (AvgIpc) is 2.89. The molecule has 0 radical (unpaired) electrons. The van der Waals surface area contributed by atoms with E-state index in [0.717, 1.165) is 29.5 Å². The standard InChI is InChI=1S/C16H22ClNO/c1-12-6-5-7-14(13(12)2)15(19)18-11-16(10-17)8-3-4-9-16/h5-7H,3-4,8-11H2,1-2H3,(H,18,19). The van der Waals surface area contributed by atoms with Crippen molar-refractivity contribution in [3.63, 3.8) is 0 Å². The van der Waals surface area contributed by atoms with Crippen LogP contribution in [0.5, 0.6) is 0 Å². The lowest BCUT2D eigenvalue weighted by molar-refractivity contribution is 0.0934. The van der Waals surface area contributed by atoms with E-state index in [1.807, 2.05) is 32.0 Å². The molecule has 0 spiro atoms. The number of nitrogens with one attached hydrogen (secondary N) is 1. The lowest BCUT2D eigenvalue weighted by Gasteiger charge is -2.26. The van der Waals surface area contributed by atoms with E-state index in [0.29, 0.717) is 12.4 Å². The first-order valence-corrected chi connectivity index (χ1v) is 7.52. The summed E-state index contributed by atoms with van der Waals surface area (Å²) in [5.41, 5.74) is 3.12. The van der Waals surface area contributed by atoms with E-state index in [9.17, 15) is 4.79 Å². The molecule has 1 N–H and O–H groups in total. The largest absolute Gasteiger partial charge is 0.351 e. The number of benzene rings is 1. The highest BCUT2D eigenvalue weighted by atomic mass is 35.5. The molecule has 1 aliphatic carbocycles. The second-order valence-electron chi connectivity index (χ2n) is 5.77. The summed E-state index contributed by atoms with van der Waals surface area (Å²) in [6, 6.07) is 5.85. The average molecular weight is 280 g/mol. The molecule has 1 saturated carbocycles. The van der Waals surface area contributed by atoms with Gasteiger partial charge in [0.2, 0.25) is 0 Å². The van der Waals surface area contributed by atoms with E-state index in [-0.39, 0.29) is 11.3 Å². The molecular weight excluding hydrogens is 258 g/mol. The Kier molecular flexibility index (Phi) is 4.51. The molecule has 1 amide bonds. The van der Waals surface area contributed by atoms with Gasteiger partial charge in [0.05, 0.1) is 0 Å². The van der Waals surface area contributed by atoms with Crippen LogP contribution < -0.4 is 5.32 Å². The lowest BCUT2D eigenvalue weighted by atomic mass is 9.88. The van der Waals surface area contributed by atoms with Crippen molar-refractivity contribution in [1.29, 1.82) is 0 Å². The van der Waals surface area contributed by atoms with Crippen molar-refractivity contribution in [3.05, 3.63) is 34.9 Å². The summed E-state index contributed by atoms with van der Waals surface area (Å²) in [6.07, 6.45) is 4.71. The molecule has 0 bridgehead atoms. The van der Waals surface area contributed by atoms with Crippen LogP contribution in [-0.4, -0.2) is 18.3 Å². The molecule has 1 fully saturated rings. The van der Waals surface area contributed by atoms with Gasteiger partial charge in [-0.15, -0.1) is 11.6 Å². The molecule has 1 aromatic rings. The minimum Gasteiger partial charge on any atom is -0.351 e. The molecule has 0 heterocycles. The van der Waals surface area contributed by atoms with Gasteiger partial charge in [-0.3, -0.25) is 4.79 Å². The van der Waals surface area contributed by atoms with Crippen molar-refractivity contribution < 1.29 is 4.79 Å². The smallest absolute Gasteiger partial charge is 0.251 e. The highest BCUT2D eigenvalue weighted by Crippen LogP contribution is 2.38. The van der Waals surface area contributed by atoms with E-state index >= 15 is 0 Å². The molecule has 2 nitrogen and oxygen atoms in total. The number of alkyl halides is 1. The zero-order valence-corrected chi connectivity index (χ0v) is 12.5. The molecule has 0 atom stereocenters. The fourth-order valence-electron chi connectivity index (χ4n) is 2.84. The molecule has 2 rings (SSSR count). The van der Waals surface area contributed by atoms with E-state index in [2.05, 4.69) is 5.32 Å². The molecule has 19 heavy (non-hydrogen) atoms. The Labute approximate surface area is 120 Å². The molecule has 0 unspecified atom stereocenters. The number of carbonyl (C=O) groups is 1. The molecule has 0 aliphatic heterocycles. The number of aryl methyl sites for hydroxylation is 1. The Morgan fingerprint density at radius 3 is 2.63 bits per heavy atom. The van der Waals surface area contributed by atoms with Gasteiger partial charge in [0, 0.05) is 23.4 Å². The van der Waals surface area contributed by atoms with E-state index in [4.69, 9.17) is 11.6 Å². The van der Waals surface area contributed by atoms with Gasteiger partial charge < -0.3 is 5.32 Å². The first kappa shape index (κ1) is 14.4. The molecule has 0 saturated heterocycles. The molecule has 0 aromatic heterocycles. The molecule has 1 aliphatic rings. The van der Waals surface area contributed by atoms with Crippen LogP contribution in [0.3, 0.4) is 0 Å². The van der Waals surface area contributed by atoms with Crippen molar-refractivity contribution >= 4 is 17.5 Å². The predicted octanol–water partition coefficient (Wildman–Crippen LogP) is 3.83. The van der Waals surface area contributed by atoms with Gasteiger partial charge in [-0.25, -0.2) is 0 Å². The highest BCUT2D eigenvalue weighted by Gasteiger charge is 2.33. The van der Waals surface area contributed by atoms with Crippen LogP contribution in [0.15, 0.2) is 18.2 Å². The van der Waals surface area contributed by atoms with Crippen molar-refractivity contribution in [2.75, 3.05) is 12.4 Å². The number of halogens is 1. The maximum absolute atomic E-state index is 12.3. The van der Waals surface area contributed by atoms with Gasteiger partial charge in [0.15, 0.2) is 0 Å². The maximum Gasteiger partial charge on any atom is 0.251 e. The van der Waals surface area contributed by atoms with Gasteiger partial charge in [-0.2, -0.15) is 0 Å². The Morgan fingerprint density at radius 2 is 2.00 bits per heavy atom. The summed E-state index contributed by atoms with van der Waals surface area (Å²) < 4.78 is 0. The first-order valence-electron chi connectivity index (χ1n) is 6.98. The van der Waals surface area contributed by atoms with Crippen LogP contribution in [0.4, 0.5) is 0 Å². The van der Waals surface area contributed by atoms with Crippen molar-refractivity contribution in [1.82, 2.24) is 5.32 Å². The van der Waals surface area contributed by atoms with Crippen molar-refractivity contribution in [3.8, 4) is 0 Å². The molecular formula is C16H22ClNO. The number of amides is 1. The van der Waals surface area contributed by atoms with Crippen molar-refractivity contribution in [2.45, 2.75) is 39.5 Å². The number of carbonyl (C=O) groups excluding carboxylic acids is 1. The Morgan fingerprint density at radius 1 is 1.32 bits per heavy atom. The van der Waals surface area contributed by atoms with Crippen LogP contribution in [0.1, 0.15) is 47.2 Å². The third-order valence-corrected chi connectivity index (χ3v) is 4.99. The summed E-state index contributed by atoms with van der Waals surface area (Å²) in [5.74, 6) is 0.665. The molecule has 1 aromatic carbocycles. The van der Waals surface area contributed by atoms with Gasteiger partial charge in [0.1, 0.15) is 0 Å². The van der Waals surface area contributed by atoms with Crippen LogP contribution in [0.2, 0.25) is 0 Å². The number of hydrogen-bond donors (Lipinski definition) is 1. The summed E-state index contributed by atoms with van der Waals surface area (Å²) in [6.45, 7) is 4.73.